The molecule has 0 saturated carbocycles. The number of alkyl halides is 1. The second-order valence-corrected chi connectivity index (χ2v) is 2.85. The van der Waals surface area contributed by atoms with E-state index in [1.165, 1.54) is 13.2 Å². The van der Waals surface area contributed by atoms with Crippen LogP contribution in [0.4, 0.5) is 4.39 Å². The molecule has 0 saturated heterocycles. The number of hydrogen-bond donors (Lipinski definition) is 0. The van der Waals surface area contributed by atoms with Crippen molar-refractivity contribution in [3.05, 3.63) is 36.2 Å². The molecule has 0 aromatic heterocycles. The molecule has 1 rings (SSSR count). The van der Waals surface area contributed by atoms with E-state index >= 15 is 0 Å². The van der Waals surface area contributed by atoms with Gasteiger partial charge in [-0.15, -0.1) is 11.6 Å². The maximum Gasteiger partial charge on any atom is 0.165 e. The monoisotopic (exact) mass is 200 g/mol. The van der Waals surface area contributed by atoms with E-state index in [9.17, 15) is 4.39 Å². The highest BCUT2D eigenvalue weighted by Crippen LogP contribution is 2.22. The Hall–Kier alpha value is -1.02. The Balaban J connectivity index is 3.02. The maximum atomic E-state index is 13.1. The highest BCUT2D eigenvalue weighted by atomic mass is 35.5. The van der Waals surface area contributed by atoms with Crippen LogP contribution >= 0.6 is 11.6 Å². The van der Waals surface area contributed by atoms with Crippen molar-refractivity contribution < 1.29 is 9.13 Å². The van der Waals surface area contributed by atoms with Crippen molar-refractivity contribution in [3.8, 4) is 5.75 Å². The van der Waals surface area contributed by atoms with Crippen molar-refractivity contribution in [1.29, 1.82) is 0 Å². The molecule has 0 bridgehead atoms. The molecule has 0 aliphatic carbocycles. The number of rotatable bonds is 3. The lowest BCUT2D eigenvalue weighted by atomic mass is 10.1. The first kappa shape index (κ1) is 10.1. The summed E-state index contributed by atoms with van der Waals surface area (Å²) in [4.78, 5) is 0. The fraction of sp³-hybridized carbons (Fsp3) is 0.200. The summed E-state index contributed by atoms with van der Waals surface area (Å²) in [7, 11) is 1.43. The summed E-state index contributed by atoms with van der Waals surface area (Å²) in [5.41, 5.74) is 1.40. The smallest absolute Gasteiger partial charge is 0.165 e. The van der Waals surface area contributed by atoms with Crippen LogP contribution < -0.4 is 4.74 Å². The maximum absolute atomic E-state index is 13.1. The summed E-state index contributed by atoms with van der Waals surface area (Å²) < 4.78 is 17.9. The molecule has 0 unspecified atom stereocenters. The normalized spacial score (nSPS) is 9.77. The molecule has 70 valence electrons. The predicted molar refractivity (Wildman–Crippen MR) is 52.7 cm³/mol. The number of methoxy groups -OCH3 is 1. The molecule has 0 radical (unpaired) electrons. The van der Waals surface area contributed by atoms with E-state index in [-0.39, 0.29) is 5.75 Å². The Morgan fingerprint density at radius 2 is 2.31 bits per heavy atom. The average Bonchev–Trinajstić information content (AvgIpc) is 2.16. The Kier molecular flexibility index (Phi) is 3.32. The predicted octanol–water partition coefficient (Wildman–Crippen LogP) is 3.09. The van der Waals surface area contributed by atoms with Crippen LogP contribution in [-0.4, -0.2) is 13.0 Å². The van der Waals surface area contributed by atoms with Crippen LogP contribution in [0.5, 0.6) is 5.75 Å². The van der Waals surface area contributed by atoms with E-state index < -0.39 is 5.82 Å². The fourth-order valence-corrected chi connectivity index (χ4v) is 1.12. The van der Waals surface area contributed by atoms with Crippen LogP contribution in [0.3, 0.4) is 0 Å². The third kappa shape index (κ3) is 2.22. The highest BCUT2D eigenvalue weighted by Gasteiger charge is 2.04. The molecule has 0 amide bonds. The van der Waals surface area contributed by atoms with Crippen LogP contribution in [0, 0.1) is 5.82 Å². The van der Waals surface area contributed by atoms with Crippen molar-refractivity contribution in [3.63, 3.8) is 0 Å². The lowest BCUT2D eigenvalue weighted by molar-refractivity contribution is 0.386. The third-order valence-electron chi connectivity index (χ3n) is 1.72. The van der Waals surface area contributed by atoms with Gasteiger partial charge in [-0.25, -0.2) is 4.39 Å². The topological polar surface area (TPSA) is 9.23 Å². The minimum atomic E-state index is -0.397. The van der Waals surface area contributed by atoms with E-state index in [2.05, 4.69) is 6.58 Å². The molecule has 0 aliphatic heterocycles. The van der Waals surface area contributed by atoms with Gasteiger partial charge in [-0.2, -0.15) is 0 Å². The van der Waals surface area contributed by atoms with Crippen molar-refractivity contribution in [2.75, 3.05) is 13.0 Å². The summed E-state index contributed by atoms with van der Waals surface area (Å²) in [6.45, 7) is 3.70. The van der Waals surface area contributed by atoms with E-state index in [4.69, 9.17) is 16.3 Å². The Morgan fingerprint density at radius 3 is 2.77 bits per heavy atom. The first-order valence-electron chi connectivity index (χ1n) is 3.76. The van der Waals surface area contributed by atoms with Gasteiger partial charge < -0.3 is 4.74 Å². The summed E-state index contributed by atoms with van der Waals surface area (Å²) in [6, 6.07) is 4.65. The lowest BCUT2D eigenvalue weighted by Gasteiger charge is -2.05. The largest absolute Gasteiger partial charge is 0.494 e. The molecule has 0 fully saturated rings. The van der Waals surface area contributed by atoms with Crippen molar-refractivity contribution >= 4 is 17.2 Å². The van der Waals surface area contributed by atoms with Crippen LogP contribution in [0.15, 0.2) is 24.8 Å². The van der Waals surface area contributed by atoms with Crippen LogP contribution in [0.1, 0.15) is 5.56 Å². The van der Waals surface area contributed by atoms with Crippen molar-refractivity contribution in [2.45, 2.75) is 0 Å². The van der Waals surface area contributed by atoms with Gasteiger partial charge in [-0.1, -0.05) is 12.6 Å². The summed E-state index contributed by atoms with van der Waals surface area (Å²) in [5.74, 6) is 0.128. The van der Waals surface area contributed by atoms with Gasteiger partial charge in [0.15, 0.2) is 11.6 Å². The van der Waals surface area contributed by atoms with E-state index in [1.807, 2.05) is 0 Å². The van der Waals surface area contributed by atoms with Crippen LogP contribution in [0.2, 0.25) is 0 Å². The van der Waals surface area contributed by atoms with Gasteiger partial charge in [0.2, 0.25) is 0 Å². The molecule has 3 heteroatoms. The van der Waals surface area contributed by atoms with Crippen molar-refractivity contribution in [1.82, 2.24) is 0 Å². The van der Waals surface area contributed by atoms with E-state index in [1.54, 1.807) is 12.1 Å². The number of allylic oxidation sites excluding steroid dienone is 1. The number of ether oxygens (including phenoxy) is 1. The van der Waals surface area contributed by atoms with Gasteiger partial charge in [0.25, 0.3) is 0 Å². The van der Waals surface area contributed by atoms with Gasteiger partial charge in [0, 0.05) is 5.88 Å². The minimum absolute atomic E-state index is 0.228. The number of benzene rings is 1. The zero-order valence-electron chi connectivity index (χ0n) is 7.31. The molecule has 0 heterocycles. The van der Waals surface area contributed by atoms with Gasteiger partial charge in [0.1, 0.15) is 0 Å². The quantitative estimate of drug-likeness (QED) is 0.682. The molecule has 13 heavy (non-hydrogen) atoms. The Morgan fingerprint density at radius 1 is 1.62 bits per heavy atom. The van der Waals surface area contributed by atoms with E-state index in [0.29, 0.717) is 17.0 Å². The Bertz CT molecular complexity index is 323. The fourth-order valence-electron chi connectivity index (χ4n) is 0.963. The molecular formula is C10H10ClFO. The SMILES string of the molecule is C=C(CCl)c1ccc(OC)c(F)c1. The number of halogens is 2. The van der Waals surface area contributed by atoms with Crippen LogP contribution in [0.25, 0.3) is 5.57 Å². The average molecular weight is 201 g/mol. The second kappa shape index (κ2) is 4.28. The number of hydrogen-bond acceptors (Lipinski definition) is 1. The summed E-state index contributed by atoms with van der Waals surface area (Å²) >= 11 is 5.56. The highest BCUT2D eigenvalue weighted by molar-refractivity contribution is 6.23. The molecule has 0 spiro atoms. The lowest BCUT2D eigenvalue weighted by Crippen LogP contribution is -1.90. The van der Waals surface area contributed by atoms with Crippen LogP contribution in [-0.2, 0) is 0 Å². The first-order chi connectivity index (χ1) is 6.19. The first-order valence-corrected chi connectivity index (χ1v) is 4.30. The molecule has 1 nitrogen and oxygen atoms in total. The molecular weight excluding hydrogens is 191 g/mol. The summed E-state index contributed by atoms with van der Waals surface area (Å²) in [6.07, 6.45) is 0. The standard InChI is InChI=1S/C10H10ClFO/c1-7(6-11)8-3-4-10(13-2)9(12)5-8/h3-5H,1,6H2,2H3. The molecule has 1 aromatic carbocycles. The third-order valence-corrected chi connectivity index (χ3v) is 2.04. The minimum Gasteiger partial charge on any atom is -0.494 e. The molecule has 0 aliphatic rings. The van der Waals surface area contributed by atoms with Gasteiger partial charge >= 0.3 is 0 Å². The molecule has 0 N–H and O–H groups in total. The second-order valence-electron chi connectivity index (χ2n) is 2.59. The zero-order valence-corrected chi connectivity index (χ0v) is 8.07. The van der Waals surface area contributed by atoms with Gasteiger partial charge in [0.05, 0.1) is 7.11 Å². The molecule has 1 aromatic rings. The molecule has 0 atom stereocenters. The van der Waals surface area contributed by atoms with Crippen molar-refractivity contribution in [2.24, 2.45) is 0 Å². The van der Waals surface area contributed by atoms with Gasteiger partial charge in [-0.05, 0) is 23.3 Å². The van der Waals surface area contributed by atoms with Gasteiger partial charge in [-0.3, -0.25) is 0 Å². The Labute approximate surface area is 81.8 Å². The zero-order chi connectivity index (χ0) is 9.84. The van der Waals surface area contributed by atoms with E-state index in [0.717, 1.165) is 0 Å². The summed E-state index contributed by atoms with van der Waals surface area (Å²) in [5, 5.41) is 0.